The Morgan fingerprint density at radius 1 is 1.15 bits per heavy atom. The van der Waals surface area contributed by atoms with Crippen molar-refractivity contribution in [2.75, 3.05) is 20.3 Å². The zero-order chi connectivity index (χ0) is 18.4. The smallest absolute Gasteiger partial charge is 0.337 e. The molecule has 26 heavy (non-hydrogen) atoms. The van der Waals surface area contributed by atoms with Crippen LogP contribution in [0.1, 0.15) is 15.9 Å². The summed E-state index contributed by atoms with van der Waals surface area (Å²) in [4.78, 5) is 30.0. The first-order valence-corrected chi connectivity index (χ1v) is 8.05. The highest BCUT2D eigenvalue weighted by atomic mass is 16.7. The van der Waals surface area contributed by atoms with Crippen molar-refractivity contribution in [2.45, 2.75) is 6.42 Å². The number of aromatic nitrogens is 3. The van der Waals surface area contributed by atoms with E-state index in [0.29, 0.717) is 23.1 Å². The number of nitrogens with one attached hydrogen (secondary N) is 1. The minimum absolute atomic E-state index is 0.213. The molecule has 0 saturated carbocycles. The molecule has 0 aliphatic rings. The van der Waals surface area contributed by atoms with Crippen LogP contribution in [0.25, 0.3) is 11.0 Å². The van der Waals surface area contributed by atoms with Crippen LogP contribution in [0.5, 0.6) is 0 Å². The maximum Gasteiger partial charge on any atom is 0.337 e. The van der Waals surface area contributed by atoms with Crippen molar-refractivity contribution < 1.29 is 19.2 Å². The van der Waals surface area contributed by atoms with Gasteiger partial charge >= 0.3 is 5.97 Å². The Bertz CT molecular complexity index is 908. The van der Waals surface area contributed by atoms with Crippen molar-refractivity contribution in [3.8, 4) is 0 Å². The second kappa shape index (κ2) is 8.11. The molecule has 1 N–H and O–H groups in total. The van der Waals surface area contributed by atoms with Gasteiger partial charge in [-0.2, -0.15) is 0 Å². The van der Waals surface area contributed by atoms with Crippen LogP contribution in [0.3, 0.4) is 0 Å². The fourth-order valence-corrected chi connectivity index (χ4v) is 2.40. The lowest BCUT2D eigenvalue weighted by Gasteiger charge is -2.07. The Kier molecular flexibility index (Phi) is 5.43. The molecule has 8 nitrogen and oxygen atoms in total. The molecule has 0 atom stereocenters. The van der Waals surface area contributed by atoms with Gasteiger partial charge in [0.15, 0.2) is 6.61 Å². The van der Waals surface area contributed by atoms with Gasteiger partial charge in [0.05, 0.1) is 12.7 Å². The molecule has 3 rings (SSSR count). The number of esters is 1. The molecule has 0 aliphatic heterocycles. The molecule has 0 saturated heterocycles. The number of methoxy groups -OCH3 is 1. The molecule has 0 fully saturated rings. The number of hydrogen-bond donors (Lipinski definition) is 1. The number of carbonyl (C=O) groups excluding carboxylic acids is 2. The number of benzene rings is 2. The highest BCUT2D eigenvalue weighted by Gasteiger charge is 2.12. The number of fused-ring (bicyclic) bond motifs is 1. The summed E-state index contributed by atoms with van der Waals surface area (Å²) in [6, 6.07) is 14.6. The molecular formula is C18H18N4O4. The average molecular weight is 354 g/mol. The number of ether oxygens (including phenoxy) is 1. The molecule has 0 radical (unpaired) electrons. The van der Waals surface area contributed by atoms with E-state index in [2.05, 4.69) is 20.4 Å². The van der Waals surface area contributed by atoms with Crippen molar-refractivity contribution in [3.05, 3.63) is 59.7 Å². The van der Waals surface area contributed by atoms with Crippen LogP contribution in [0, 0.1) is 0 Å². The summed E-state index contributed by atoms with van der Waals surface area (Å²) in [5.41, 5.74) is 2.51. The first kappa shape index (κ1) is 17.4. The fraction of sp³-hybridized carbons (Fsp3) is 0.222. The highest BCUT2D eigenvalue weighted by Crippen LogP contribution is 2.13. The summed E-state index contributed by atoms with van der Waals surface area (Å²) in [6.07, 6.45) is 0.737. The minimum atomic E-state index is -0.474. The van der Waals surface area contributed by atoms with Crippen LogP contribution in [0.15, 0.2) is 48.5 Å². The number of carbonyl (C=O) groups is 2. The Morgan fingerprint density at radius 3 is 2.73 bits per heavy atom. The predicted molar refractivity (Wildman–Crippen MR) is 93.5 cm³/mol. The van der Waals surface area contributed by atoms with Gasteiger partial charge in [0, 0.05) is 6.54 Å². The van der Waals surface area contributed by atoms with E-state index in [1.807, 2.05) is 30.3 Å². The third kappa shape index (κ3) is 4.15. The molecule has 1 amide bonds. The van der Waals surface area contributed by atoms with Crippen molar-refractivity contribution in [3.63, 3.8) is 0 Å². The largest absolute Gasteiger partial charge is 0.465 e. The topological polar surface area (TPSA) is 95.3 Å². The fourth-order valence-electron chi connectivity index (χ4n) is 2.40. The highest BCUT2D eigenvalue weighted by molar-refractivity contribution is 5.93. The van der Waals surface area contributed by atoms with Crippen molar-refractivity contribution >= 4 is 22.9 Å². The van der Waals surface area contributed by atoms with E-state index in [1.165, 1.54) is 7.11 Å². The minimum Gasteiger partial charge on any atom is -0.465 e. The molecule has 0 bridgehead atoms. The summed E-state index contributed by atoms with van der Waals surface area (Å²) < 4.78 is 4.69. The van der Waals surface area contributed by atoms with E-state index < -0.39 is 5.97 Å². The van der Waals surface area contributed by atoms with E-state index in [9.17, 15) is 9.59 Å². The maximum atomic E-state index is 11.9. The van der Waals surface area contributed by atoms with Gasteiger partial charge in [-0.15, -0.1) is 5.10 Å². The summed E-state index contributed by atoms with van der Waals surface area (Å²) in [5.74, 6) is -0.744. The van der Waals surface area contributed by atoms with Crippen LogP contribution in [0.2, 0.25) is 0 Å². The van der Waals surface area contributed by atoms with Crippen molar-refractivity contribution in [2.24, 2.45) is 0 Å². The summed E-state index contributed by atoms with van der Waals surface area (Å²) in [6.45, 7) is 0.298. The third-order valence-electron chi connectivity index (χ3n) is 3.73. The van der Waals surface area contributed by atoms with E-state index in [-0.39, 0.29) is 12.5 Å². The van der Waals surface area contributed by atoms with E-state index in [1.54, 1.807) is 18.2 Å². The maximum absolute atomic E-state index is 11.9. The lowest BCUT2D eigenvalue weighted by molar-refractivity contribution is -0.126. The van der Waals surface area contributed by atoms with Gasteiger partial charge in [-0.3, -0.25) is 4.79 Å². The van der Waals surface area contributed by atoms with Crippen LogP contribution in [-0.4, -0.2) is 47.3 Å². The molecule has 8 heteroatoms. The lowest BCUT2D eigenvalue weighted by atomic mass is 10.1. The van der Waals surface area contributed by atoms with Crippen molar-refractivity contribution in [1.29, 1.82) is 0 Å². The Balaban J connectivity index is 1.55. The van der Waals surface area contributed by atoms with Crippen molar-refractivity contribution in [1.82, 2.24) is 20.5 Å². The molecule has 0 unspecified atom stereocenters. The average Bonchev–Trinajstić information content (AvgIpc) is 3.09. The van der Waals surface area contributed by atoms with Gasteiger partial charge < -0.3 is 14.9 Å². The van der Waals surface area contributed by atoms with Gasteiger partial charge in [-0.05, 0) is 35.4 Å². The lowest BCUT2D eigenvalue weighted by Crippen LogP contribution is -2.33. The van der Waals surface area contributed by atoms with Gasteiger partial charge in [0.2, 0.25) is 0 Å². The van der Waals surface area contributed by atoms with Gasteiger partial charge in [-0.25, -0.2) is 4.79 Å². The van der Waals surface area contributed by atoms with Crippen LogP contribution in [-0.2, 0) is 16.0 Å². The summed E-state index contributed by atoms with van der Waals surface area (Å²) in [7, 11) is 1.30. The summed E-state index contributed by atoms with van der Waals surface area (Å²) >= 11 is 0. The molecule has 134 valence electrons. The first-order valence-electron chi connectivity index (χ1n) is 8.05. The Labute approximate surface area is 149 Å². The number of hydrogen-bond acceptors (Lipinski definition) is 6. The normalized spacial score (nSPS) is 10.5. The molecule has 1 aromatic heterocycles. The molecule has 0 aliphatic carbocycles. The quantitative estimate of drug-likeness (QED) is 0.636. The molecule has 0 spiro atoms. The van der Waals surface area contributed by atoms with E-state index >= 15 is 0 Å². The number of nitrogens with zero attached hydrogens (tertiary/aromatic N) is 3. The van der Waals surface area contributed by atoms with E-state index in [0.717, 1.165) is 16.8 Å². The second-order valence-corrected chi connectivity index (χ2v) is 5.52. The van der Waals surface area contributed by atoms with Gasteiger partial charge in [-0.1, -0.05) is 35.2 Å². The second-order valence-electron chi connectivity index (χ2n) is 5.52. The monoisotopic (exact) mass is 354 g/mol. The zero-order valence-corrected chi connectivity index (χ0v) is 14.2. The standard InChI is InChI=1S/C18H18N4O4/c1-25-18(24)14-7-8-15-16(11-14)22(21-20-15)26-12-17(23)19-10-9-13-5-3-2-4-6-13/h2-8,11H,9-10,12H2,1H3,(H,19,23). The zero-order valence-electron chi connectivity index (χ0n) is 14.2. The van der Waals surface area contributed by atoms with Gasteiger partial charge in [0.1, 0.15) is 11.0 Å². The molecular weight excluding hydrogens is 336 g/mol. The number of rotatable bonds is 7. The number of amides is 1. The first-order chi connectivity index (χ1) is 12.7. The summed E-state index contributed by atoms with van der Waals surface area (Å²) in [5, 5.41) is 10.5. The Hall–Kier alpha value is -3.42. The third-order valence-corrected chi connectivity index (χ3v) is 3.73. The van der Waals surface area contributed by atoms with E-state index in [4.69, 9.17) is 4.84 Å². The van der Waals surface area contributed by atoms with Gasteiger partial charge in [0.25, 0.3) is 5.91 Å². The Morgan fingerprint density at radius 2 is 1.96 bits per heavy atom. The van der Waals surface area contributed by atoms with Crippen LogP contribution in [0.4, 0.5) is 0 Å². The molecule has 1 heterocycles. The van der Waals surface area contributed by atoms with Crippen LogP contribution < -0.4 is 10.2 Å². The SMILES string of the molecule is COC(=O)c1ccc2nnn(OCC(=O)NCCc3ccccc3)c2c1. The van der Waals surface area contributed by atoms with Crippen LogP contribution >= 0.6 is 0 Å². The predicted octanol–water partition coefficient (Wildman–Crippen LogP) is 1.01. The molecule has 3 aromatic rings. The molecule has 2 aromatic carbocycles.